The summed E-state index contributed by atoms with van der Waals surface area (Å²) in [6.45, 7) is 4.60. The van der Waals surface area contributed by atoms with Gasteiger partial charge in [0.05, 0.1) is 0 Å². The Kier molecular flexibility index (Phi) is 14.4. The van der Waals surface area contributed by atoms with Crippen LogP contribution in [0, 0.1) is 0 Å². The first kappa shape index (κ1) is 28.7. The van der Waals surface area contributed by atoms with E-state index < -0.39 is 0 Å². The van der Waals surface area contributed by atoms with Gasteiger partial charge in [-0.25, -0.2) is 0 Å². The lowest BCUT2D eigenvalue weighted by Gasteiger charge is -2.04. The van der Waals surface area contributed by atoms with Crippen molar-refractivity contribution in [2.24, 2.45) is 0 Å². The predicted molar refractivity (Wildman–Crippen MR) is 164 cm³/mol. The van der Waals surface area contributed by atoms with Crippen LogP contribution in [0.1, 0.15) is 128 Å². The zero-order valence-corrected chi connectivity index (χ0v) is 24.9. The third-order valence-corrected chi connectivity index (χ3v) is 10.5. The third kappa shape index (κ3) is 10.2. The maximum absolute atomic E-state index is 2.38. The highest BCUT2D eigenvalue weighted by Gasteiger charge is 2.13. The number of thiophene rings is 3. The monoisotopic (exact) mass is 528 g/mol. The van der Waals surface area contributed by atoms with Crippen LogP contribution < -0.4 is 0 Å². The van der Waals surface area contributed by atoms with Gasteiger partial charge in [0.25, 0.3) is 0 Å². The lowest BCUT2D eigenvalue weighted by Crippen LogP contribution is -1.86. The Labute approximate surface area is 228 Å². The summed E-state index contributed by atoms with van der Waals surface area (Å²) in [6.07, 6.45) is 24.8. The van der Waals surface area contributed by atoms with Crippen molar-refractivity contribution in [2.75, 3.05) is 0 Å². The van der Waals surface area contributed by atoms with Crippen molar-refractivity contribution in [2.45, 2.75) is 129 Å². The molecule has 194 valence electrons. The van der Waals surface area contributed by atoms with Crippen LogP contribution in [0.25, 0.3) is 19.5 Å². The van der Waals surface area contributed by atoms with E-state index in [9.17, 15) is 0 Å². The van der Waals surface area contributed by atoms with Crippen LogP contribution in [0.15, 0.2) is 35.0 Å². The molecule has 3 rings (SSSR count). The summed E-state index contributed by atoms with van der Waals surface area (Å²) in [5, 5.41) is 4.60. The maximum atomic E-state index is 2.38. The van der Waals surface area contributed by atoms with Gasteiger partial charge in [0.15, 0.2) is 0 Å². The molecule has 0 spiro atoms. The van der Waals surface area contributed by atoms with Gasteiger partial charge >= 0.3 is 0 Å². The van der Waals surface area contributed by atoms with Crippen LogP contribution in [0.2, 0.25) is 0 Å². The highest BCUT2D eigenvalue weighted by Crippen LogP contribution is 2.42. The van der Waals surface area contributed by atoms with Gasteiger partial charge in [0, 0.05) is 19.5 Å². The number of aryl methyl sites for hydroxylation is 2. The minimum atomic E-state index is 1.24. The van der Waals surface area contributed by atoms with Crippen LogP contribution in [0.5, 0.6) is 0 Å². The van der Waals surface area contributed by atoms with Crippen molar-refractivity contribution in [3.05, 3.63) is 46.2 Å². The molecule has 0 aromatic carbocycles. The second kappa shape index (κ2) is 17.5. The average Bonchev–Trinajstić information content (AvgIpc) is 3.63. The first-order valence-corrected chi connectivity index (χ1v) is 17.1. The van der Waals surface area contributed by atoms with E-state index >= 15 is 0 Å². The minimum absolute atomic E-state index is 1.24. The van der Waals surface area contributed by atoms with Gasteiger partial charge in [-0.05, 0) is 71.8 Å². The number of unbranched alkanes of at least 4 members (excludes halogenated alkanes) is 14. The van der Waals surface area contributed by atoms with Gasteiger partial charge in [-0.2, -0.15) is 0 Å². The van der Waals surface area contributed by atoms with Gasteiger partial charge in [-0.15, -0.1) is 34.0 Å². The van der Waals surface area contributed by atoms with Crippen molar-refractivity contribution < 1.29 is 0 Å². The molecular formula is C32H48S3. The van der Waals surface area contributed by atoms with Gasteiger partial charge in [-0.1, -0.05) is 104 Å². The normalized spacial score (nSPS) is 11.5. The molecule has 3 aromatic heterocycles. The summed E-state index contributed by atoms with van der Waals surface area (Å²) >= 11 is 5.88. The molecule has 3 aromatic rings. The van der Waals surface area contributed by atoms with Crippen molar-refractivity contribution in [3.8, 4) is 19.5 Å². The molecule has 35 heavy (non-hydrogen) atoms. The van der Waals surface area contributed by atoms with Crippen LogP contribution in [-0.4, -0.2) is 0 Å². The van der Waals surface area contributed by atoms with Crippen LogP contribution in [0.3, 0.4) is 0 Å². The number of hydrogen-bond acceptors (Lipinski definition) is 3. The van der Waals surface area contributed by atoms with Crippen LogP contribution >= 0.6 is 34.0 Å². The van der Waals surface area contributed by atoms with Gasteiger partial charge in [0.2, 0.25) is 0 Å². The van der Waals surface area contributed by atoms with Crippen molar-refractivity contribution in [1.82, 2.24) is 0 Å². The molecule has 0 aliphatic rings. The molecule has 0 aliphatic carbocycles. The molecule has 3 heteroatoms. The fraction of sp³-hybridized carbons (Fsp3) is 0.625. The average molecular weight is 529 g/mol. The van der Waals surface area contributed by atoms with Crippen molar-refractivity contribution in [3.63, 3.8) is 0 Å². The SMILES string of the molecule is CCCCCCCCCCc1ccsc1-c1ccc(-c2sccc2CCCCCCCCCC)s1. The van der Waals surface area contributed by atoms with E-state index in [1.165, 1.54) is 135 Å². The lowest BCUT2D eigenvalue weighted by atomic mass is 10.0. The van der Waals surface area contributed by atoms with Gasteiger partial charge in [0.1, 0.15) is 0 Å². The molecule has 0 atom stereocenters. The Balaban J connectivity index is 1.44. The molecule has 3 heterocycles. The Morgan fingerprint density at radius 3 is 1.23 bits per heavy atom. The Bertz CT molecular complexity index is 840. The summed E-state index contributed by atoms with van der Waals surface area (Å²) in [5.41, 5.74) is 3.14. The molecule has 0 amide bonds. The number of rotatable bonds is 20. The Hall–Kier alpha value is -0.900. The van der Waals surface area contributed by atoms with E-state index in [4.69, 9.17) is 0 Å². The summed E-state index contributed by atoms with van der Waals surface area (Å²) in [4.78, 5) is 5.97. The first-order chi connectivity index (χ1) is 17.3. The summed E-state index contributed by atoms with van der Waals surface area (Å²) in [5.74, 6) is 0. The standard InChI is InChI=1S/C32H48S3/c1-3-5-7-9-11-13-15-17-19-27-23-25-33-31(27)29-21-22-30(35-29)32-28(24-26-34-32)20-18-16-14-12-10-8-6-4-2/h21-26H,3-20H2,1-2H3. The molecule has 0 saturated heterocycles. The zero-order valence-electron chi connectivity index (χ0n) is 22.4. The molecule has 0 N–H and O–H groups in total. The highest BCUT2D eigenvalue weighted by atomic mass is 32.1. The summed E-state index contributed by atoms with van der Waals surface area (Å²) in [6, 6.07) is 9.50. The molecule has 0 nitrogen and oxygen atoms in total. The molecule has 0 unspecified atom stereocenters. The summed E-state index contributed by atoms with van der Waals surface area (Å²) in [7, 11) is 0. The predicted octanol–water partition coefficient (Wildman–Crippen LogP) is 12.6. The number of hydrogen-bond donors (Lipinski definition) is 0. The van der Waals surface area contributed by atoms with Gasteiger partial charge < -0.3 is 0 Å². The van der Waals surface area contributed by atoms with E-state index in [0.717, 1.165) is 0 Å². The molecule has 0 bridgehead atoms. The van der Waals surface area contributed by atoms with E-state index in [1.54, 1.807) is 11.1 Å². The molecule has 0 radical (unpaired) electrons. The zero-order chi connectivity index (χ0) is 24.6. The van der Waals surface area contributed by atoms with E-state index in [1.807, 2.05) is 34.0 Å². The van der Waals surface area contributed by atoms with E-state index in [0.29, 0.717) is 0 Å². The van der Waals surface area contributed by atoms with E-state index in [2.05, 4.69) is 48.9 Å². The molecule has 0 fully saturated rings. The Morgan fingerprint density at radius 2 is 0.829 bits per heavy atom. The molecular weight excluding hydrogens is 481 g/mol. The Morgan fingerprint density at radius 1 is 0.457 bits per heavy atom. The lowest BCUT2D eigenvalue weighted by molar-refractivity contribution is 0.576. The quantitative estimate of drug-likeness (QED) is 0.128. The smallest absolute Gasteiger partial charge is 0.0474 e. The van der Waals surface area contributed by atoms with E-state index in [-0.39, 0.29) is 0 Å². The van der Waals surface area contributed by atoms with Gasteiger partial charge in [-0.3, -0.25) is 0 Å². The largest absolute Gasteiger partial charge is 0.143 e. The van der Waals surface area contributed by atoms with Crippen molar-refractivity contribution in [1.29, 1.82) is 0 Å². The van der Waals surface area contributed by atoms with Crippen molar-refractivity contribution >= 4 is 34.0 Å². The fourth-order valence-electron chi connectivity index (χ4n) is 4.98. The fourth-order valence-corrected chi connectivity index (χ4v) is 8.22. The second-order valence-corrected chi connectivity index (χ2v) is 13.1. The van der Waals surface area contributed by atoms with Crippen LogP contribution in [-0.2, 0) is 12.8 Å². The summed E-state index contributed by atoms with van der Waals surface area (Å²) < 4.78 is 0. The first-order valence-electron chi connectivity index (χ1n) is 14.6. The molecule has 0 aliphatic heterocycles. The van der Waals surface area contributed by atoms with Crippen LogP contribution in [0.4, 0.5) is 0 Å². The topological polar surface area (TPSA) is 0 Å². The molecule has 0 saturated carbocycles. The maximum Gasteiger partial charge on any atom is 0.0474 e. The minimum Gasteiger partial charge on any atom is -0.143 e. The third-order valence-electron chi connectivity index (χ3n) is 7.15. The highest BCUT2D eigenvalue weighted by molar-refractivity contribution is 7.25. The second-order valence-electron chi connectivity index (χ2n) is 10.2.